The first-order chi connectivity index (χ1) is 17.0. The average molecular weight is 523 g/mol. The molecule has 1 amide bonds. The van der Waals surface area contributed by atoms with Crippen LogP contribution >= 0.6 is 0 Å². The van der Waals surface area contributed by atoms with Gasteiger partial charge in [-0.2, -0.15) is 22.6 Å². The molecule has 0 aliphatic carbocycles. The summed E-state index contributed by atoms with van der Waals surface area (Å²) >= 11 is 0. The van der Waals surface area contributed by atoms with Crippen molar-refractivity contribution in [2.24, 2.45) is 0 Å². The lowest BCUT2D eigenvalue weighted by Gasteiger charge is -2.31. The van der Waals surface area contributed by atoms with Gasteiger partial charge in [0.2, 0.25) is 10.0 Å². The van der Waals surface area contributed by atoms with Gasteiger partial charge in [0.1, 0.15) is 0 Å². The molecule has 7 nitrogen and oxygen atoms in total. The maximum atomic E-state index is 13.8. The number of pyridine rings is 1. The number of rotatable bonds is 6. The van der Waals surface area contributed by atoms with E-state index in [2.05, 4.69) is 5.10 Å². The number of halogens is 3. The van der Waals surface area contributed by atoms with E-state index < -0.39 is 33.4 Å². The molecule has 4 rings (SSSR count). The number of aryl methyl sites for hydroxylation is 1. The van der Waals surface area contributed by atoms with Crippen molar-refractivity contribution in [3.8, 4) is 0 Å². The lowest BCUT2D eigenvalue weighted by molar-refractivity contribution is -0.141. The standard InChI is InChI=1S/C25H29F3N4O3S/c1-4-30(5-2)24(33)22-21-16-19(12-15-32(21)29-23(22)25(26,27)28)18-10-13-31(14-11-18)36(34,35)20-8-6-17(3)7-9-20/h6-9,12,15-16,18H,4-5,10-11,13-14H2,1-3H3. The number of sulfonamides is 1. The molecule has 194 valence electrons. The van der Waals surface area contributed by atoms with Crippen LogP contribution in [0.25, 0.3) is 5.52 Å². The van der Waals surface area contributed by atoms with Crippen LogP contribution in [0.1, 0.15) is 59.8 Å². The summed E-state index contributed by atoms with van der Waals surface area (Å²) in [6.45, 7) is 6.45. The number of nitrogens with zero attached hydrogens (tertiary/aromatic N) is 4. The minimum absolute atomic E-state index is 0.0555. The Bertz CT molecular complexity index is 1360. The fraction of sp³-hybridized carbons (Fsp3) is 0.440. The minimum Gasteiger partial charge on any atom is -0.339 e. The van der Waals surface area contributed by atoms with Crippen LogP contribution < -0.4 is 0 Å². The Hall–Kier alpha value is -2.92. The second-order valence-electron chi connectivity index (χ2n) is 8.98. The molecule has 1 saturated heterocycles. The van der Waals surface area contributed by atoms with E-state index in [4.69, 9.17) is 0 Å². The number of hydrogen-bond donors (Lipinski definition) is 0. The molecule has 1 fully saturated rings. The predicted molar refractivity (Wildman–Crippen MR) is 129 cm³/mol. The Kier molecular flexibility index (Phi) is 7.16. The molecule has 0 spiro atoms. The molecule has 1 aliphatic rings. The number of alkyl halides is 3. The highest BCUT2D eigenvalue weighted by molar-refractivity contribution is 7.89. The van der Waals surface area contributed by atoms with Crippen LogP contribution in [-0.2, 0) is 16.2 Å². The average Bonchev–Trinajstić information content (AvgIpc) is 3.24. The van der Waals surface area contributed by atoms with Crippen molar-refractivity contribution in [2.75, 3.05) is 26.2 Å². The van der Waals surface area contributed by atoms with E-state index in [1.807, 2.05) is 6.92 Å². The monoisotopic (exact) mass is 522 g/mol. The first-order valence-corrected chi connectivity index (χ1v) is 13.4. The van der Waals surface area contributed by atoms with E-state index in [-0.39, 0.29) is 29.4 Å². The van der Waals surface area contributed by atoms with Gasteiger partial charge < -0.3 is 4.90 Å². The summed E-state index contributed by atoms with van der Waals surface area (Å²) in [4.78, 5) is 14.6. The Morgan fingerprint density at radius 1 is 1.08 bits per heavy atom. The Balaban J connectivity index is 1.63. The fourth-order valence-electron chi connectivity index (χ4n) is 4.68. The lowest BCUT2D eigenvalue weighted by atomic mass is 9.90. The van der Waals surface area contributed by atoms with Crippen LogP contribution in [0, 0.1) is 6.92 Å². The zero-order chi connectivity index (χ0) is 26.3. The van der Waals surface area contributed by atoms with Gasteiger partial charge in [0.15, 0.2) is 5.69 Å². The van der Waals surface area contributed by atoms with Gasteiger partial charge in [-0.15, -0.1) is 0 Å². The van der Waals surface area contributed by atoms with Gasteiger partial charge in [0.05, 0.1) is 16.0 Å². The molecule has 0 atom stereocenters. The summed E-state index contributed by atoms with van der Waals surface area (Å²) in [5.41, 5.74) is 0.182. The highest BCUT2D eigenvalue weighted by Gasteiger charge is 2.41. The Labute approximate surface area is 208 Å². The van der Waals surface area contributed by atoms with Gasteiger partial charge >= 0.3 is 6.18 Å². The first-order valence-electron chi connectivity index (χ1n) is 11.9. The summed E-state index contributed by atoms with van der Waals surface area (Å²) < 4.78 is 69.9. The molecule has 2 aromatic heterocycles. The molecule has 0 radical (unpaired) electrons. The van der Waals surface area contributed by atoms with E-state index in [0.717, 1.165) is 15.6 Å². The predicted octanol–water partition coefficient (Wildman–Crippen LogP) is 4.71. The van der Waals surface area contributed by atoms with Gasteiger partial charge in [-0.1, -0.05) is 17.7 Å². The number of hydrogen-bond acceptors (Lipinski definition) is 4. The van der Waals surface area contributed by atoms with E-state index >= 15 is 0 Å². The third kappa shape index (κ3) is 4.86. The molecule has 0 saturated carbocycles. The van der Waals surface area contributed by atoms with E-state index in [1.54, 1.807) is 50.2 Å². The van der Waals surface area contributed by atoms with E-state index in [0.29, 0.717) is 25.9 Å². The third-order valence-corrected chi connectivity index (χ3v) is 8.69. The number of benzene rings is 1. The summed E-state index contributed by atoms with van der Waals surface area (Å²) in [5, 5.41) is 3.68. The Morgan fingerprint density at radius 3 is 2.25 bits per heavy atom. The summed E-state index contributed by atoms with van der Waals surface area (Å²) in [6, 6.07) is 9.99. The van der Waals surface area contributed by atoms with Crippen molar-refractivity contribution >= 4 is 21.4 Å². The molecular weight excluding hydrogens is 493 g/mol. The van der Waals surface area contributed by atoms with Crippen molar-refractivity contribution in [1.82, 2.24) is 18.8 Å². The minimum atomic E-state index is -4.78. The second-order valence-corrected chi connectivity index (χ2v) is 10.9. The fourth-order valence-corrected chi connectivity index (χ4v) is 6.15. The highest BCUT2D eigenvalue weighted by atomic mass is 32.2. The molecule has 0 bridgehead atoms. The maximum absolute atomic E-state index is 13.8. The van der Waals surface area contributed by atoms with Gasteiger partial charge in [0.25, 0.3) is 5.91 Å². The lowest BCUT2D eigenvalue weighted by Crippen LogP contribution is -2.37. The number of amides is 1. The molecule has 11 heteroatoms. The van der Waals surface area contributed by atoms with Crippen LogP contribution in [0.3, 0.4) is 0 Å². The number of piperidine rings is 1. The van der Waals surface area contributed by atoms with Crippen molar-refractivity contribution < 1.29 is 26.4 Å². The summed E-state index contributed by atoms with van der Waals surface area (Å²) in [7, 11) is -3.62. The molecule has 3 heterocycles. The van der Waals surface area contributed by atoms with E-state index in [1.165, 1.54) is 15.4 Å². The largest absolute Gasteiger partial charge is 0.436 e. The second kappa shape index (κ2) is 9.85. The van der Waals surface area contributed by atoms with Crippen LogP contribution in [0.15, 0.2) is 47.5 Å². The van der Waals surface area contributed by atoms with Crippen LogP contribution in [0.5, 0.6) is 0 Å². The van der Waals surface area contributed by atoms with Gasteiger partial charge in [-0.25, -0.2) is 12.9 Å². The first kappa shape index (κ1) is 26.2. The van der Waals surface area contributed by atoms with Crippen molar-refractivity contribution in [3.63, 3.8) is 0 Å². The Morgan fingerprint density at radius 2 is 1.69 bits per heavy atom. The van der Waals surface area contributed by atoms with E-state index in [9.17, 15) is 26.4 Å². The van der Waals surface area contributed by atoms with Crippen molar-refractivity contribution in [3.05, 3.63) is 65.0 Å². The maximum Gasteiger partial charge on any atom is 0.436 e. The zero-order valence-electron chi connectivity index (χ0n) is 20.4. The van der Waals surface area contributed by atoms with Gasteiger partial charge in [-0.3, -0.25) is 4.79 Å². The van der Waals surface area contributed by atoms with Crippen molar-refractivity contribution in [1.29, 1.82) is 0 Å². The SMILES string of the molecule is CCN(CC)C(=O)c1c(C(F)(F)F)nn2ccc(C3CCN(S(=O)(=O)c4ccc(C)cc4)CC3)cc12. The topological polar surface area (TPSA) is 75.0 Å². The number of carbonyl (C=O) groups is 1. The van der Waals surface area contributed by atoms with Crippen LogP contribution in [0.4, 0.5) is 13.2 Å². The molecule has 1 aromatic carbocycles. The van der Waals surface area contributed by atoms with Crippen LogP contribution in [-0.4, -0.2) is 59.3 Å². The van der Waals surface area contributed by atoms with Crippen LogP contribution in [0.2, 0.25) is 0 Å². The smallest absolute Gasteiger partial charge is 0.339 e. The van der Waals surface area contributed by atoms with Gasteiger partial charge in [0, 0.05) is 32.4 Å². The highest BCUT2D eigenvalue weighted by Crippen LogP contribution is 2.36. The summed E-state index contributed by atoms with van der Waals surface area (Å²) in [6.07, 6.45) is -2.31. The molecule has 0 N–H and O–H groups in total. The number of fused-ring (bicyclic) bond motifs is 1. The molecule has 0 unspecified atom stereocenters. The number of carbonyl (C=O) groups excluding carboxylic acids is 1. The normalized spacial score (nSPS) is 15.9. The molecule has 36 heavy (non-hydrogen) atoms. The third-order valence-electron chi connectivity index (χ3n) is 6.78. The zero-order valence-corrected chi connectivity index (χ0v) is 21.2. The number of aromatic nitrogens is 2. The van der Waals surface area contributed by atoms with Crippen molar-refractivity contribution in [2.45, 2.75) is 50.6 Å². The molecular formula is C25H29F3N4O3S. The van der Waals surface area contributed by atoms with Gasteiger partial charge in [-0.05, 0) is 69.4 Å². The molecule has 3 aromatic rings. The quantitative estimate of drug-likeness (QED) is 0.470. The summed E-state index contributed by atoms with van der Waals surface area (Å²) in [5.74, 6) is -0.765. The molecule has 1 aliphatic heterocycles.